The molecule has 6 aromatic rings. The van der Waals surface area contributed by atoms with E-state index >= 15 is 0 Å². The second-order valence-electron chi connectivity index (χ2n) is 9.44. The molecule has 150 valence electrons. The maximum atomic E-state index is 6.35. The number of furan rings is 1. The van der Waals surface area contributed by atoms with Crippen LogP contribution in [0.1, 0.15) is 26.3 Å². The van der Waals surface area contributed by atoms with Crippen molar-refractivity contribution >= 4 is 43.5 Å². The lowest BCUT2D eigenvalue weighted by Gasteiger charge is -2.21. The predicted octanol–water partition coefficient (Wildman–Crippen LogP) is 8.86. The minimum atomic E-state index is 0.0224. The Morgan fingerprint density at radius 2 is 1.19 bits per heavy atom. The molecule has 0 aliphatic carbocycles. The molecule has 1 aromatic heterocycles. The number of benzene rings is 5. The molecule has 0 atom stereocenters. The van der Waals surface area contributed by atoms with Gasteiger partial charge in [0.05, 0.1) is 0 Å². The Morgan fingerprint density at radius 3 is 1.97 bits per heavy atom. The van der Waals surface area contributed by atoms with Crippen molar-refractivity contribution in [1.82, 2.24) is 0 Å². The molecule has 0 unspecified atom stereocenters. The second-order valence-corrected chi connectivity index (χ2v) is 9.44. The Balaban J connectivity index is 1.84. The molecule has 0 radical (unpaired) electrons. The molecule has 0 amide bonds. The number of fused-ring (bicyclic) bond motifs is 6. The van der Waals surface area contributed by atoms with Crippen LogP contribution in [0, 0.1) is 0 Å². The highest BCUT2D eigenvalue weighted by Crippen LogP contribution is 2.43. The summed E-state index contributed by atoms with van der Waals surface area (Å²) in [4.78, 5) is 0. The predicted molar refractivity (Wildman–Crippen MR) is 133 cm³/mol. The third-order valence-electron chi connectivity index (χ3n) is 6.40. The van der Waals surface area contributed by atoms with Crippen LogP contribution < -0.4 is 0 Å². The van der Waals surface area contributed by atoms with E-state index in [1.54, 1.807) is 0 Å². The van der Waals surface area contributed by atoms with Crippen molar-refractivity contribution in [2.75, 3.05) is 0 Å². The quantitative estimate of drug-likeness (QED) is 0.251. The summed E-state index contributed by atoms with van der Waals surface area (Å²) < 4.78 is 6.35. The van der Waals surface area contributed by atoms with Crippen LogP contribution in [-0.2, 0) is 5.41 Å². The summed E-state index contributed by atoms with van der Waals surface area (Å²) in [5.41, 5.74) is 5.71. The highest BCUT2D eigenvalue weighted by Gasteiger charge is 2.21. The van der Waals surface area contributed by atoms with E-state index in [0.29, 0.717) is 0 Å². The Bertz CT molecular complexity index is 1610. The molecule has 0 aliphatic rings. The van der Waals surface area contributed by atoms with Gasteiger partial charge in [-0.3, -0.25) is 0 Å². The third kappa shape index (κ3) is 2.77. The fourth-order valence-corrected chi connectivity index (χ4v) is 4.78. The average molecular weight is 401 g/mol. The zero-order valence-electron chi connectivity index (χ0n) is 18.1. The van der Waals surface area contributed by atoms with Crippen LogP contribution in [0.4, 0.5) is 0 Å². The van der Waals surface area contributed by atoms with Crippen LogP contribution in [0.15, 0.2) is 95.4 Å². The molecule has 0 aliphatic heterocycles. The summed E-state index contributed by atoms with van der Waals surface area (Å²) in [7, 11) is 0. The topological polar surface area (TPSA) is 13.1 Å². The zero-order valence-corrected chi connectivity index (χ0v) is 18.1. The van der Waals surface area contributed by atoms with E-state index in [-0.39, 0.29) is 5.41 Å². The van der Waals surface area contributed by atoms with E-state index < -0.39 is 0 Å². The molecule has 31 heavy (non-hydrogen) atoms. The van der Waals surface area contributed by atoms with Crippen LogP contribution in [-0.4, -0.2) is 0 Å². The molecular formula is C30H24O. The SMILES string of the molecule is CC(C)(C)c1cc(-c2cc3ccccc3c3ccccc23)c2c(c1)oc1ccccc12. The van der Waals surface area contributed by atoms with Crippen molar-refractivity contribution in [3.63, 3.8) is 0 Å². The van der Waals surface area contributed by atoms with Gasteiger partial charge in [0.15, 0.2) is 0 Å². The standard InChI is InChI=1S/C30H24O/c1-30(2,3)20-17-26(29-24-14-8-9-15-27(24)31-28(29)18-20)25-16-19-10-4-5-11-21(19)22-12-6-7-13-23(22)25/h4-18H,1-3H3. The van der Waals surface area contributed by atoms with E-state index in [0.717, 1.165) is 11.2 Å². The van der Waals surface area contributed by atoms with Crippen LogP contribution in [0.2, 0.25) is 0 Å². The van der Waals surface area contributed by atoms with Gasteiger partial charge in [-0.05, 0) is 67.9 Å². The average Bonchev–Trinajstić information content (AvgIpc) is 3.16. The molecule has 0 saturated heterocycles. The molecule has 0 bridgehead atoms. The molecule has 0 N–H and O–H groups in total. The van der Waals surface area contributed by atoms with E-state index in [1.807, 2.05) is 6.07 Å². The van der Waals surface area contributed by atoms with Gasteiger partial charge >= 0.3 is 0 Å². The van der Waals surface area contributed by atoms with Crippen molar-refractivity contribution in [3.8, 4) is 11.1 Å². The van der Waals surface area contributed by atoms with Crippen molar-refractivity contribution in [2.45, 2.75) is 26.2 Å². The first-order chi connectivity index (χ1) is 15.0. The smallest absolute Gasteiger partial charge is 0.136 e. The summed E-state index contributed by atoms with van der Waals surface area (Å²) in [6.07, 6.45) is 0. The monoisotopic (exact) mass is 400 g/mol. The lowest BCUT2D eigenvalue weighted by molar-refractivity contribution is 0.588. The van der Waals surface area contributed by atoms with Crippen molar-refractivity contribution in [2.24, 2.45) is 0 Å². The van der Waals surface area contributed by atoms with Crippen LogP contribution in [0.3, 0.4) is 0 Å². The van der Waals surface area contributed by atoms with Gasteiger partial charge < -0.3 is 4.42 Å². The molecule has 5 aromatic carbocycles. The minimum Gasteiger partial charge on any atom is -0.456 e. The molecule has 0 saturated carbocycles. The lowest BCUT2D eigenvalue weighted by atomic mass is 9.83. The summed E-state index contributed by atoms with van der Waals surface area (Å²) in [6, 6.07) is 32.7. The Morgan fingerprint density at radius 1 is 0.548 bits per heavy atom. The fraction of sp³-hybridized carbons (Fsp3) is 0.133. The maximum absolute atomic E-state index is 6.35. The molecule has 6 rings (SSSR count). The Hall–Kier alpha value is -3.58. The van der Waals surface area contributed by atoms with Crippen molar-refractivity contribution < 1.29 is 4.42 Å². The second kappa shape index (κ2) is 6.46. The van der Waals surface area contributed by atoms with E-state index in [4.69, 9.17) is 4.42 Å². The molecule has 1 nitrogen and oxygen atoms in total. The zero-order chi connectivity index (χ0) is 21.2. The van der Waals surface area contributed by atoms with Gasteiger partial charge in [-0.2, -0.15) is 0 Å². The largest absolute Gasteiger partial charge is 0.456 e. The van der Waals surface area contributed by atoms with Crippen LogP contribution >= 0.6 is 0 Å². The Kier molecular flexibility index (Phi) is 3.79. The first-order valence-corrected chi connectivity index (χ1v) is 10.9. The molecular weight excluding hydrogens is 376 g/mol. The van der Waals surface area contributed by atoms with Gasteiger partial charge in [0.2, 0.25) is 0 Å². The lowest BCUT2D eigenvalue weighted by Crippen LogP contribution is -2.11. The molecule has 0 spiro atoms. The van der Waals surface area contributed by atoms with Crippen LogP contribution in [0.25, 0.3) is 54.6 Å². The number of hydrogen-bond donors (Lipinski definition) is 0. The van der Waals surface area contributed by atoms with E-state index in [9.17, 15) is 0 Å². The van der Waals surface area contributed by atoms with Gasteiger partial charge in [0.25, 0.3) is 0 Å². The normalized spacial score (nSPS) is 12.4. The van der Waals surface area contributed by atoms with Gasteiger partial charge in [0.1, 0.15) is 11.2 Å². The summed E-state index contributed by atoms with van der Waals surface area (Å²) in [5.74, 6) is 0. The van der Waals surface area contributed by atoms with Gasteiger partial charge in [-0.1, -0.05) is 87.5 Å². The van der Waals surface area contributed by atoms with Crippen molar-refractivity contribution in [3.05, 3.63) is 96.6 Å². The van der Waals surface area contributed by atoms with Crippen LogP contribution in [0.5, 0.6) is 0 Å². The molecule has 1 heterocycles. The fourth-order valence-electron chi connectivity index (χ4n) is 4.78. The first kappa shape index (κ1) is 18.2. The van der Waals surface area contributed by atoms with Gasteiger partial charge in [-0.15, -0.1) is 0 Å². The summed E-state index contributed by atoms with van der Waals surface area (Å²) >= 11 is 0. The number of para-hydroxylation sites is 1. The van der Waals surface area contributed by atoms with Crippen molar-refractivity contribution in [1.29, 1.82) is 0 Å². The minimum absolute atomic E-state index is 0.0224. The number of rotatable bonds is 1. The maximum Gasteiger partial charge on any atom is 0.136 e. The van der Waals surface area contributed by atoms with Gasteiger partial charge in [0, 0.05) is 10.8 Å². The summed E-state index contributed by atoms with van der Waals surface area (Å²) in [6.45, 7) is 6.79. The summed E-state index contributed by atoms with van der Waals surface area (Å²) in [5, 5.41) is 7.49. The number of hydrogen-bond acceptors (Lipinski definition) is 1. The first-order valence-electron chi connectivity index (χ1n) is 10.9. The molecule has 0 fully saturated rings. The van der Waals surface area contributed by atoms with E-state index in [2.05, 4.69) is 106 Å². The highest BCUT2D eigenvalue weighted by molar-refractivity contribution is 6.19. The van der Waals surface area contributed by atoms with Gasteiger partial charge in [-0.25, -0.2) is 0 Å². The van der Waals surface area contributed by atoms with E-state index in [1.165, 1.54) is 49.0 Å². The highest BCUT2D eigenvalue weighted by atomic mass is 16.3. The Labute approximate surface area is 181 Å². The molecule has 1 heteroatoms. The third-order valence-corrected chi connectivity index (χ3v) is 6.40.